The standard InChI is InChI=1S/C18H18O2/c1-13(18(20)17-6-4-3-5-7-17)12-15-8-10-16(11-9-15)14(2)19/h3-11,13H,12H2,1-2H3. The molecule has 0 spiro atoms. The first-order chi connectivity index (χ1) is 9.58. The Kier molecular flexibility index (Phi) is 4.46. The van der Waals surface area contributed by atoms with Crippen molar-refractivity contribution in [3.05, 3.63) is 71.3 Å². The molecule has 0 heterocycles. The molecule has 0 N–H and O–H groups in total. The van der Waals surface area contributed by atoms with Crippen molar-refractivity contribution in [2.45, 2.75) is 20.3 Å². The summed E-state index contributed by atoms with van der Waals surface area (Å²) in [5.74, 6) is 0.145. The Labute approximate surface area is 119 Å². The highest BCUT2D eigenvalue weighted by molar-refractivity contribution is 5.97. The van der Waals surface area contributed by atoms with Crippen molar-refractivity contribution < 1.29 is 9.59 Å². The molecule has 0 saturated heterocycles. The predicted molar refractivity (Wildman–Crippen MR) is 80.1 cm³/mol. The molecule has 102 valence electrons. The van der Waals surface area contributed by atoms with Gasteiger partial charge < -0.3 is 0 Å². The maximum Gasteiger partial charge on any atom is 0.165 e. The molecule has 0 saturated carbocycles. The van der Waals surface area contributed by atoms with Gasteiger partial charge in [-0.05, 0) is 18.9 Å². The minimum Gasteiger partial charge on any atom is -0.295 e. The van der Waals surface area contributed by atoms with E-state index >= 15 is 0 Å². The van der Waals surface area contributed by atoms with E-state index in [4.69, 9.17) is 0 Å². The van der Waals surface area contributed by atoms with Gasteiger partial charge in [0.05, 0.1) is 0 Å². The minimum absolute atomic E-state index is 0.0601. The summed E-state index contributed by atoms with van der Waals surface area (Å²) in [5, 5.41) is 0. The molecule has 2 aromatic rings. The van der Waals surface area contributed by atoms with Gasteiger partial charge >= 0.3 is 0 Å². The first kappa shape index (κ1) is 14.2. The third kappa shape index (κ3) is 3.41. The van der Waals surface area contributed by atoms with Crippen molar-refractivity contribution in [2.24, 2.45) is 5.92 Å². The van der Waals surface area contributed by atoms with Crippen LogP contribution in [-0.2, 0) is 6.42 Å². The van der Waals surface area contributed by atoms with Gasteiger partial charge in [0.25, 0.3) is 0 Å². The van der Waals surface area contributed by atoms with Crippen LogP contribution < -0.4 is 0 Å². The number of carbonyl (C=O) groups is 2. The van der Waals surface area contributed by atoms with Crippen molar-refractivity contribution >= 4 is 11.6 Å². The van der Waals surface area contributed by atoms with Crippen LogP contribution in [0.2, 0.25) is 0 Å². The lowest BCUT2D eigenvalue weighted by Crippen LogP contribution is -2.14. The van der Waals surface area contributed by atoms with Crippen molar-refractivity contribution in [3.8, 4) is 0 Å². The number of hydrogen-bond donors (Lipinski definition) is 0. The van der Waals surface area contributed by atoms with Crippen molar-refractivity contribution in [2.75, 3.05) is 0 Å². The van der Waals surface area contributed by atoms with Crippen molar-refractivity contribution in [1.82, 2.24) is 0 Å². The van der Waals surface area contributed by atoms with Crippen LogP contribution in [-0.4, -0.2) is 11.6 Å². The lowest BCUT2D eigenvalue weighted by atomic mass is 9.92. The normalized spacial score (nSPS) is 11.9. The number of rotatable bonds is 5. The molecule has 0 aromatic heterocycles. The molecular weight excluding hydrogens is 248 g/mol. The average Bonchev–Trinajstić information content (AvgIpc) is 2.48. The summed E-state index contributed by atoms with van der Waals surface area (Å²) < 4.78 is 0. The Hall–Kier alpha value is -2.22. The number of benzene rings is 2. The summed E-state index contributed by atoms with van der Waals surface area (Å²) in [6.07, 6.45) is 0.686. The van der Waals surface area contributed by atoms with Gasteiger partial charge in [0.1, 0.15) is 0 Å². The van der Waals surface area contributed by atoms with Crippen LogP contribution in [0, 0.1) is 5.92 Å². The first-order valence-corrected chi connectivity index (χ1v) is 6.77. The fourth-order valence-electron chi connectivity index (χ4n) is 2.21. The van der Waals surface area contributed by atoms with Crippen molar-refractivity contribution in [3.63, 3.8) is 0 Å². The van der Waals surface area contributed by atoms with E-state index in [9.17, 15) is 9.59 Å². The maximum absolute atomic E-state index is 12.3. The molecule has 2 nitrogen and oxygen atoms in total. The zero-order valence-corrected chi connectivity index (χ0v) is 11.8. The molecule has 0 bridgehead atoms. The summed E-state index contributed by atoms with van der Waals surface area (Å²) in [6.45, 7) is 3.49. The number of carbonyl (C=O) groups excluding carboxylic acids is 2. The second-order valence-electron chi connectivity index (χ2n) is 5.09. The second-order valence-corrected chi connectivity index (χ2v) is 5.09. The molecule has 2 rings (SSSR count). The quantitative estimate of drug-likeness (QED) is 0.768. The molecule has 2 aromatic carbocycles. The molecule has 0 radical (unpaired) electrons. The zero-order valence-electron chi connectivity index (χ0n) is 11.8. The molecule has 20 heavy (non-hydrogen) atoms. The van der Waals surface area contributed by atoms with Gasteiger partial charge in [-0.2, -0.15) is 0 Å². The fourth-order valence-corrected chi connectivity index (χ4v) is 2.21. The lowest BCUT2D eigenvalue weighted by molar-refractivity contribution is 0.0928. The van der Waals surface area contributed by atoms with Gasteiger partial charge in [0.2, 0.25) is 0 Å². The third-order valence-corrected chi connectivity index (χ3v) is 3.41. The van der Waals surface area contributed by atoms with Gasteiger partial charge in [-0.25, -0.2) is 0 Å². The Morgan fingerprint density at radius 3 is 2.05 bits per heavy atom. The van der Waals surface area contributed by atoms with E-state index in [0.29, 0.717) is 12.0 Å². The highest BCUT2D eigenvalue weighted by Crippen LogP contribution is 2.15. The molecule has 1 unspecified atom stereocenters. The Balaban J connectivity index is 2.06. The van der Waals surface area contributed by atoms with Crippen LogP contribution >= 0.6 is 0 Å². The van der Waals surface area contributed by atoms with Crippen LogP contribution in [0.1, 0.15) is 40.1 Å². The minimum atomic E-state index is -0.0689. The molecule has 2 heteroatoms. The molecule has 0 fully saturated rings. The number of Topliss-reactive ketones (excluding diaryl/α,β-unsaturated/α-hetero) is 2. The van der Waals surface area contributed by atoms with Gasteiger partial charge in [0.15, 0.2) is 11.6 Å². The number of hydrogen-bond acceptors (Lipinski definition) is 2. The lowest BCUT2D eigenvalue weighted by Gasteiger charge is -2.11. The van der Waals surface area contributed by atoms with Crippen LogP contribution in [0.3, 0.4) is 0 Å². The SMILES string of the molecule is CC(=O)c1ccc(CC(C)C(=O)c2ccccc2)cc1. The van der Waals surface area contributed by atoms with Gasteiger partial charge in [0, 0.05) is 17.0 Å². The van der Waals surface area contributed by atoms with Crippen LogP contribution in [0.4, 0.5) is 0 Å². The first-order valence-electron chi connectivity index (χ1n) is 6.77. The van der Waals surface area contributed by atoms with E-state index in [1.807, 2.05) is 61.5 Å². The molecule has 0 aliphatic carbocycles. The summed E-state index contributed by atoms with van der Waals surface area (Å²) in [7, 11) is 0. The predicted octanol–water partition coefficient (Wildman–Crippen LogP) is 3.95. The molecule has 1 atom stereocenters. The molecular formula is C18H18O2. The highest BCUT2D eigenvalue weighted by atomic mass is 16.1. The van der Waals surface area contributed by atoms with E-state index in [0.717, 1.165) is 11.1 Å². The zero-order chi connectivity index (χ0) is 14.5. The molecule has 0 aliphatic heterocycles. The number of ketones is 2. The van der Waals surface area contributed by atoms with Gasteiger partial charge in [-0.15, -0.1) is 0 Å². The summed E-state index contributed by atoms with van der Waals surface area (Å²) in [6, 6.07) is 16.8. The highest BCUT2D eigenvalue weighted by Gasteiger charge is 2.15. The van der Waals surface area contributed by atoms with Gasteiger partial charge in [-0.3, -0.25) is 9.59 Å². The van der Waals surface area contributed by atoms with Crippen LogP contribution in [0.15, 0.2) is 54.6 Å². The van der Waals surface area contributed by atoms with Gasteiger partial charge in [-0.1, -0.05) is 61.5 Å². The summed E-state index contributed by atoms with van der Waals surface area (Å²) in [5.41, 5.74) is 2.53. The third-order valence-electron chi connectivity index (χ3n) is 3.41. The molecule has 0 amide bonds. The fraction of sp³-hybridized carbons (Fsp3) is 0.222. The van der Waals surface area contributed by atoms with E-state index in [-0.39, 0.29) is 17.5 Å². The average molecular weight is 266 g/mol. The topological polar surface area (TPSA) is 34.1 Å². The molecule has 0 aliphatic rings. The Morgan fingerprint density at radius 2 is 1.50 bits per heavy atom. The Bertz CT molecular complexity index is 597. The van der Waals surface area contributed by atoms with Crippen LogP contribution in [0.25, 0.3) is 0 Å². The largest absolute Gasteiger partial charge is 0.295 e. The van der Waals surface area contributed by atoms with Crippen molar-refractivity contribution in [1.29, 1.82) is 0 Å². The Morgan fingerprint density at radius 1 is 0.900 bits per heavy atom. The maximum atomic E-state index is 12.3. The monoisotopic (exact) mass is 266 g/mol. The van der Waals surface area contributed by atoms with E-state index in [1.54, 1.807) is 6.92 Å². The summed E-state index contributed by atoms with van der Waals surface area (Å²) in [4.78, 5) is 23.5. The van der Waals surface area contributed by atoms with E-state index in [1.165, 1.54) is 0 Å². The summed E-state index contributed by atoms with van der Waals surface area (Å²) >= 11 is 0. The second kappa shape index (κ2) is 6.29. The smallest absolute Gasteiger partial charge is 0.165 e. The van der Waals surface area contributed by atoms with Crippen LogP contribution in [0.5, 0.6) is 0 Å². The van der Waals surface area contributed by atoms with E-state index < -0.39 is 0 Å². The van der Waals surface area contributed by atoms with E-state index in [2.05, 4.69) is 0 Å².